The maximum atomic E-state index is 12.4. The van der Waals surface area contributed by atoms with E-state index in [0.29, 0.717) is 56.1 Å². The van der Waals surface area contributed by atoms with Crippen molar-refractivity contribution in [1.29, 1.82) is 0 Å². The van der Waals surface area contributed by atoms with Crippen molar-refractivity contribution in [2.45, 2.75) is 30.6 Å². The number of anilines is 1. The van der Waals surface area contributed by atoms with E-state index in [9.17, 15) is 18.3 Å². The molecule has 3 rings (SSSR count). The van der Waals surface area contributed by atoms with Gasteiger partial charge in [-0.1, -0.05) is 18.6 Å². The Balaban J connectivity index is 1.38. The van der Waals surface area contributed by atoms with E-state index in [4.69, 9.17) is 9.47 Å². The molecule has 0 bridgehead atoms. The predicted molar refractivity (Wildman–Crippen MR) is 108 cm³/mol. The van der Waals surface area contributed by atoms with Crippen molar-refractivity contribution in [2.75, 3.05) is 25.1 Å². The van der Waals surface area contributed by atoms with Gasteiger partial charge in [0.1, 0.15) is 19.0 Å². The first kappa shape index (κ1) is 20.9. The molecule has 0 unspecified atom stereocenters. The number of fused-ring (bicyclic) bond motifs is 1. The van der Waals surface area contributed by atoms with Crippen LogP contribution in [0.2, 0.25) is 0 Å². The number of nitrogens with one attached hydrogen (secondary N) is 2. The number of hydrogen-bond donors (Lipinski definition) is 3. The van der Waals surface area contributed by atoms with E-state index in [1.54, 1.807) is 24.3 Å². The number of sulfonamides is 1. The Labute approximate surface area is 169 Å². The van der Waals surface area contributed by atoms with E-state index in [1.807, 2.05) is 0 Å². The Kier molecular flexibility index (Phi) is 6.95. The maximum Gasteiger partial charge on any atom is 0.240 e. The molecule has 0 saturated heterocycles. The molecule has 0 radical (unpaired) electrons. The summed E-state index contributed by atoms with van der Waals surface area (Å²) in [5.41, 5.74) is 0.379. The smallest absolute Gasteiger partial charge is 0.240 e. The molecule has 0 atom stereocenters. The standard InChI is InChI=1S/C20H24N2O6S/c23-17-7-4-3-6-16(17)22-20(24)8-2-1-5-11-21-29(25,26)15-9-10-18-19(14-15)28-13-12-27-18/h3-4,6-7,9-10,14,21,23H,1-2,5,8,11-13H2,(H,22,24). The van der Waals surface area contributed by atoms with Gasteiger partial charge < -0.3 is 19.9 Å². The molecule has 2 aromatic carbocycles. The van der Waals surface area contributed by atoms with Crippen LogP contribution in [-0.4, -0.2) is 39.2 Å². The van der Waals surface area contributed by atoms with Gasteiger partial charge >= 0.3 is 0 Å². The van der Waals surface area contributed by atoms with Crippen LogP contribution in [0.3, 0.4) is 0 Å². The SMILES string of the molecule is O=C(CCCCCNS(=O)(=O)c1ccc2c(c1)OCCO2)Nc1ccccc1O. The van der Waals surface area contributed by atoms with Crippen molar-refractivity contribution in [3.05, 3.63) is 42.5 Å². The Morgan fingerprint density at radius 2 is 1.76 bits per heavy atom. The van der Waals surface area contributed by atoms with Crippen LogP contribution in [0.1, 0.15) is 25.7 Å². The van der Waals surface area contributed by atoms with Gasteiger partial charge in [-0.15, -0.1) is 0 Å². The highest BCUT2D eigenvalue weighted by Crippen LogP contribution is 2.32. The highest BCUT2D eigenvalue weighted by atomic mass is 32.2. The van der Waals surface area contributed by atoms with Crippen molar-refractivity contribution in [2.24, 2.45) is 0 Å². The summed E-state index contributed by atoms with van der Waals surface area (Å²) in [7, 11) is -3.64. The zero-order chi connectivity index (χ0) is 20.7. The Hall–Kier alpha value is -2.78. The Morgan fingerprint density at radius 1 is 1.00 bits per heavy atom. The molecule has 0 aliphatic carbocycles. The number of unbranched alkanes of at least 4 members (excludes halogenated alkanes) is 2. The molecule has 8 nitrogen and oxygen atoms in total. The third-order valence-corrected chi connectivity index (χ3v) is 5.83. The fourth-order valence-electron chi connectivity index (χ4n) is 2.86. The summed E-state index contributed by atoms with van der Waals surface area (Å²) >= 11 is 0. The van der Waals surface area contributed by atoms with Crippen LogP contribution in [0, 0.1) is 0 Å². The molecule has 1 amide bonds. The second-order valence-electron chi connectivity index (χ2n) is 6.58. The minimum atomic E-state index is -3.64. The van der Waals surface area contributed by atoms with Crippen LogP contribution in [0.4, 0.5) is 5.69 Å². The van der Waals surface area contributed by atoms with E-state index >= 15 is 0 Å². The van der Waals surface area contributed by atoms with Gasteiger partial charge in [-0.2, -0.15) is 0 Å². The topological polar surface area (TPSA) is 114 Å². The summed E-state index contributed by atoms with van der Waals surface area (Å²) in [4.78, 5) is 12.0. The van der Waals surface area contributed by atoms with E-state index in [0.717, 1.165) is 0 Å². The number of ether oxygens (including phenoxy) is 2. The average Bonchev–Trinajstić information content (AvgIpc) is 2.72. The molecule has 156 valence electrons. The molecule has 2 aromatic rings. The molecular formula is C20H24N2O6S. The van der Waals surface area contributed by atoms with Crippen LogP contribution < -0.4 is 19.5 Å². The minimum Gasteiger partial charge on any atom is -0.506 e. The fourth-order valence-corrected chi connectivity index (χ4v) is 3.95. The number of para-hydroxylation sites is 2. The molecule has 29 heavy (non-hydrogen) atoms. The molecule has 9 heteroatoms. The molecule has 3 N–H and O–H groups in total. The lowest BCUT2D eigenvalue weighted by Crippen LogP contribution is -2.25. The number of benzene rings is 2. The molecule has 1 aliphatic heterocycles. The number of hydrogen-bond acceptors (Lipinski definition) is 6. The van der Waals surface area contributed by atoms with Gasteiger partial charge in [-0.25, -0.2) is 13.1 Å². The van der Waals surface area contributed by atoms with Crippen LogP contribution in [0.5, 0.6) is 17.2 Å². The predicted octanol–water partition coefficient (Wildman–Crippen LogP) is 2.64. The zero-order valence-corrected chi connectivity index (χ0v) is 16.7. The molecular weight excluding hydrogens is 396 g/mol. The number of amides is 1. The van der Waals surface area contributed by atoms with Gasteiger partial charge in [-0.3, -0.25) is 4.79 Å². The van der Waals surface area contributed by atoms with Gasteiger partial charge in [-0.05, 0) is 37.1 Å². The summed E-state index contributed by atoms with van der Waals surface area (Å²) in [6.07, 6.45) is 2.21. The Morgan fingerprint density at radius 3 is 2.55 bits per heavy atom. The quantitative estimate of drug-likeness (QED) is 0.424. The van der Waals surface area contributed by atoms with Crippen molar-refractivity contribution < 1.29 is 27.8 Å². The summed E-state index contributed by atoms with van der Waals surface area (Å²) < 4.78 is 38.2. The lowest BCUT2D eigenvalue weighted by atomic mass is 10.2. The molecule has 1 aliphatic rings. The molecule has 0 saturated carbocycles. The highest BCUT2D eigenvalue weighted by Gasteiger charge is 2.18. The summed E-state index contributed by atoms with van der Waals surface area (Å²) in [5.74, 6) is 0.796. The monoisotopic (exact) mass is 420 g/mol. The van der Waals surface area contributed by atoms with Gasteiger partial charge in [0, 0.05) is 19.0 Å². The summed E-state index contributed by atoms with van der Waals surface area (Å²) in [6.45, 7) is 1.11. The second kappa shape index (κ2) is 9.62. The minimum absolute atomic E-state index is 0.0226. The number of carbonyl (C=O) groups is 1. The van der Waals surface area contributed by atoms with Gasteiger partial charge in [0.2, 0.25) is 15.9 Å². The molecule has 1 heterocycles. The number of phenolic OH excluding ortho intramolecular Hbond substituents is 1. The molecule has 0 spiro atoms. The van der Waals surface area contributed by atoms with Crippen LogP contribution in [0.15, 0.2) is 47.4 Å². The summed E-state index contributed by atoms with van der Waals surface area (Å²) in [6, 6.07) is 11.1. The summed E-state index contributed by atoms with van der Waals surface area (Å²) in [5, 5.41) is 12.3. The fraction of sp³-hybridized carbons (Fsp3) is 0.350. The number of carbonyl (C=O) groups excluding carboxylic acids is 1. The second-order valence-corrected chi connectivity index (χ2v) is 8.35. The number of rotatable bonds is 9. The third kappa shape index (κ3) is 5.85. The third-order valence-electron chi connectivity index (χ3n) is 4.37. The molecule has 0 fully saturated rings. The highest BCUT2D eigenvalue weighted by molar-refractivity contribution is 7.89. The average molecular weight is 420 g/mol. The molecule has 0 aromatic heterocycles. The number of phenols is 1. The van der Waals surface area contributed by atoms with Gasteiger partial charge in [0.15, 0.2) is 11.5 Å². The van der Waals surface area contributed by atoms with E-state index in [-0.39, 0.29) is 23.1 Å². The lowest BCUT2D eigenvalue weighted by molar-refractivity contribution is -0.116. The Bertz CT molecular complexity index is 961. The van der Waals surface area contributed by atoms with Crippen molar-refractivity contribution >= 4 is 21.6 Å². The van der Waals surface area contributed by atoms with Crippen LogP contribution in [0.25, 0.3) is 0 Å². The largest absolute Gasteiger partial charge is 0.506 e. The van der Waals surface area contributed by atoms with E-state index in [1.165, 1.54) is 18.2 Å². The lowest BCUT2D eigenvalue weighted by Gasteiger charge is -2.18. The van der Waals surface area contributed by atoms with Crippen molar-refractivity contribution in [1.82, 2.24) is 4.72 Å². The first-order valence-corrected chi connectivity index (χ1v) is 10.9. The first-order chi connectivity index (χ1) is 14.0. The van der Waals surface area contributed by atoms with Crippen molar-refractivity contribution in [3.8, 4) is 17.2 Å². The van der Waals surface area contributed by atoms with E-state index < -0.39 is 10.0 Å². The first-order valence-electron chi connectivity index (χ1n) is 9.43. The van der Waals surface area contributed by atoms with Crippen molar-refractivity contribution in [3.63, 3.8) is 0 Å². The van der Waals surface area contributed by atoms with Gasteiger partial charge in [0.25, 0.3) is 0 Å². The zero-order valence-electron chi connectivity index (χ0n) is 15.9. The van der Waals surface area contributed by atoms with E-state index in [2.05, 4.69) is 10.0 Å². The number of aromatic hydroxyl groups is 1. The maximum absolute atomic E-state index is 12.4. The van der Waals surface area contributed by atoms with Crippen LogP contribution in [-0.2, 0) is 14.8 Å². The van der Waals surface area contributed by atoms with Gasteiger partial charge in [0.05, 0.1) is 10.6 Å². The van der Waals surface area contributed by atoms with Crippen LogP contribution >= 0.6 is 0 Å². The normalized spacial score (nSPS) is 13.1.